The van der Waals surface area contributed by atoms with Gasteiger partial charge in [0.05, 0.1) is 12.0 Å². The van der Waals surface area contributed by atoms with Crippen LogP contribution in [0, 0.1) is 0 Å². The van der Waals surface area contributed by atoms with Crippen LogP contribution < -0.4 is 0 Å². The fourth-order valence-electron chi connectivity index (χ4n) is 2.21. The van der Waals surface area contributed by atoms with Crippen molar-refractivity contribution < 1.29 is 9.21 Å². The lowest BCUT2D eigenvalue weighted by atomic mass is 10.3. The summed E-state index contributed by atoms with van der Waals surface area (Å²) >= 11 is 1.33. The van der Waals surface area contributed by atoms with Gasteiger partial charge in [-0.25, -0.2) is 0 Å². The zero-order chi connectivity index (χ0) is 16.2. The first-order valence-electron chi connectivity index (χ1n) is 7.39. The molecule has 0 unspecified atom stereocenters. The van der Waals surface area contributed by atoms with E-state index in [0.29, 0.717) is 41.1 Å². The molecular weight excluding hydrogens is 314 g/mol. The molecule has 3 aromatic rings. The van der Waals surface area contributed by atoms with Crippen LogP contribution in [-0.2, 0) is 4.79 Å². The van der Waals surface area contributed by atoms with E-state index in [1.165, 1.54) is 11.8 Å². The molecule has 0 atom stereocenters. The van der Waals surface area contributed by atoms with Gasteiger partial charge in [-0.3, -0.25) is 4.79 Å². The molecule has 0 aliphatic rings. The Bertz CT molecular complexity index is 795. The molecule has 0 spiro atoms. The largest absolute Gasteiger partial charge is 0.463 e. The fourth-order valence-corrected chi connectivity index (χ4v) is 3.00. The van der Waals surface area contributed by atoms with Gasteiger partial charge >= 0.3 is 0 Å². The van der Waals surface area contributed by atoms with E-state index in [9.17, 15) is 4.79 Å². The molecule has 0 bridgehead atoms. The van der Waals surface area contributed by atoms with Crippen LogP contribution in [0.15, 0.2) is 40.1 Å². The number of carbonyl (C=O) groups excluding carboxylic acids is 1. The monoisotopic (exact) mass is 331 g/mol. The smallest absolute Gasteiger partial charge is 0.233 e. The van der Waals surface area contributed by atoms with Gasteiger partial charge in [-0.2, -0.15) is 9.61 Å². The molecule has 120 valence electrons. The highest BCUT2D eigenvalue weighted by Gasteiger charge is 2.14. The van der Waals surface area contributed by atoms with E-state index in [4.69, 9.17) is 4.42 Å². The standard InChI is InChI=1S/C15H17N5O2S/c1-3-19(4-2)14(21)10-23-15-17-16-13-8-7-11(18-20(13)15)12-6-5-9-22-12/h5-9H,3-4,10H2,1-2H3. The van der Waals surface area contributed by atoms with Gasteiger partial charge in [-0.05, 0) is 38.1 Å². The molecule has 8 heteroatoms. The molecule has 7 nitrogen and oxygen atoms in total. The molecule has 3 aromatic heterocycles. The third-order valence-corrected chi connectivity index (χ3v) is 4.35. The van der Waals surface area contributed by atoms with E-state index in [2.05, 4.69) is 15.3 Å². The van der Waals surface area contributed by atoms with Crippen molar-refractivity contribution in [2.24, 2.45) is 0 Å². The van der Waals surface area contributed by atoms with E-state index in [-0.39, 0.29) is 5.91 Å². The summed E-state index contributed by atoms with van der Waals surface area (Å²) in [5.74, 6) is 1.07. The maximum Gasteiger partial charge on any atom is 0.233 e. The van der Waals surface area contributed by atoms with Crippen LogP contribution in [0.5, 0.6) is 0 Å². The predicted octanol–water partition coefficient (Wildman–Crippen LogP) is 2.34. The summed E-state index contributed by atoms with van der Waals surface area (Å²) in [5.41, 5.74) is 1.33. The molecule has 0 aliphatic carbocycles. The molecule has 0 saturated carbocycles. The van der Waals surface area contributed by atoms with Crippen molar-refractivity contribution in [2.75, 3.05) is 18.8 Å². The Labute approximate surface area is 137 Å². The van der Waals surface area contributed by atoms with Crippen molar-refractivity contribution in [1.29, 1.82) is 0 Å². The number of carbonyl (C=O) groups is 1. The molecule has 1 amide bonds. The minimum Gasteiger partial charge on any atom is -0.463 e. The first kappa shape index (κ1) is 15.5. The summed E-state index contributed by atoms with van der Waals surface area (Å²) < 4.78 is 7.00. The van der Waals surface area contributed by atoms with Crippen molar-refractivity contribution in [3.63, 3.8) is 0 Å². The van der Waals surface area contributed by atoms with E-state index in [1.807, 2.05) is 38.1 Å². The molecule has 0 N–H and O–H groups in total. The molecule has 0 aromatic carbocycles. The summed E-state index contributed by atoms with van der Waals surface area (Å²) in [6.07, 6.45) is 1.60. The van der Waals surface area contributed by atoms with Crippen LogP contribution in [0.1, 0.15) is 13.8 Å². The minimum atomic E-state index is 0.0824. The van der Waals surface area contributed by atoms with Crippen LogP contribution >= 0.6 is 11.8 Å². The van der Waals surface area contributed by atoms with Gasteiger partial charge in [0.15, 0.2) is 11.4 Å². The number of rotatable bonds is 6. The van der Waals surface area contributed by atoms with Gasteiger partial charge in [-0.1, -0.05) is 11.8 Å². The quantitative estimate of drug-likeness (QED) is 0.645. The average molecular weight is 331 g/mol. The first-order chi connectivity index (χ1) is 11.2. The SMILES string of the molecule is CCN(CC)C(=O)CSc1nnc2ccc(-c3ccco3)nn12. The highest BCUT2D eigenvalue weighted by Crippen LogP contribution is 2.21. The molecule has 0 saturated heterocycles. The number of aromatic nitrogens is 4. The maximum absolute atomic E-state index is 12.1. The molecule has 3 heterocycles. The fraction of sp³-hybridized carbons (Fsp3) is 0.333. The summed E-state index contributed by atoms with van der Waals surface area (Å²) in [6, 6.07) is 7.31. The Balaban J connectivity index is 1.81. The minimum absolute atomic E-state index is 0.0824. The van der Waals surface area contributed by atoms with Crippen LogP contribution in [0.2, 0.25) is 0 Å². The van der Waals surface area contributed by atoms with Crippen molar-refractivity contribution >= 4 is 23.3 Å². The number of thioether (sulfide) groups is 1. The summed E-state index contributed by atoms with van der Waals surface area (Å²) in [6.45, 7) is 5.35. The van der Waals surface area contributed by atoms with Crippen LogP contribution in [0.3, 0.4) is 0 Å². The zero-order valence-corrected chi connectivity index (χ0v) is 13.8. The van der Waals surface area contributed by atoms with E-state index in [1.54, 1.807) is 15.7 Å². The first-order valence-corrected chi connectivity index (χ1v) is 8.38. The normalized spacial score (nSPS) is 11.0. The molecule has 3 rings (SSSR count). The number of nitrogens with zero attached hydrogens (tertiary/aromatic N) is 5. The highest BCUT2D eigenvalue weighted by atomic mass is 32.2. The Kier molecular flexibility index (Phi) is 4.61. The van der Waals surface area contributed by atoms with Crippen molar-refractivity contribution in [2.45, 2.75) is 19.0 Å². The number of hydrogen-bond acceptors (Lipinski definition) is 6. The molecule has 0 aliphatic heterocycles. The highest BCUT2D eigenvalue weighted by molar-refractivity contribution is 7.99. The molecule has 0 radical (unpaired) electrons. The third-order valence-electron chi connectivity index (χ3n) is 3.45. The van der Waals surface area contributed by atoms with Gasteiger partial charge in [0.25, 0.3) is 0 Å². The third kappa shape index (κ3) is 3.21. The van der Waals surface area contributed by atoms with Crippen molar-refractivity contribution in [3.05, 3.63) is 30.5 Å². The van der Waals surface area contributed by atoms with Crippen molar-refractivity contribution in [3.8, 4) is 11.5 Å². The Morgan fingerprint density at radius 1 is 1.26 bits per heavy atom. The summed E-state index contributed by atoms with van der Waals surface area (Å²) in [5, 5.41) is 13.3. The van der Waals surface area contributed by atoms with E-state index < -0.39 is 0 Å². The second-order valence-electron chi connectivity index (χ2n) is 4.80. The molecule has 23 heavy (non-hydrogen) atoms. The molecule has 0 fully saturated rings. The second-order valence-corrected chi connectivity index (χ2v) is 5.75. The van der Waals surface area contributed by atoms with Gasteiger partial charge in [0.1, 0.15) is 5.69 Å². The van der Waals surface area contributed by atoms with Crippen LogP contribution in [-0.4, -0.2) is 49.5 Å². The van der Waals surface area contributed by atoms with Gasteiger partial charge in [0.2, 0.25) is 11.1 Å². The van der Waals surface area contributed by atoms with E-state index in [0.717, 1.165) is 0 Å². The number of amides is 1. The van der Waals surface area contributed by atoms with Crippen molar-refractivity contribution in [1.82, 2.24) is 24.7 Å². The summed E-state index contributed by atoms with van der Waals surface area (Å²) in [7, 11) is 0. The van der Waals surface area contributed by atoms with E-state index >= 15 is 0 Å². The Morgan fingerprint density at radius 3 is 2.78 bits per heavy atom. The Hall–Kier alpha value is -2.35. The zero-order valence-electron chi connectivity index (χ0n) is 13.0. The second kappa shape index (κ2) is 6.82. The predicted molar refractivity (Wildman–Crippen MR) is 87.1 cm³/mol. The maximum atomic E-state index is 12.1. The summed E-state index contributed by atoms with van der Waals surface area (Å²) in [4.78, 5) is 13.9. The lowest BCUT2D eigenvalue weighted by Gasteiger charge is -2.17. The van der Waals surface area contributed by atoms with Crippen LogP contribution in [0.25, 0.3) is 17.1 Å². The average Bonchev–Trinajstić information content (AvgIpc) is 3.23. The lowest BCUT2D eigenvalue weighted by molar-refractivity contribution is -0.127. The van der Waals surface area contributed by atoms with Gasteiger partial charge in [-0.15, -0.1) is 10.2 Å². The Morgan fingerprint density at radius 2 is 2.09 bits per heavy atom. The van der Waals surface area contributed by atoms with Crippen LogP contribution in [0.4, 0.5) is 0 Å². The topological polar surface area (TPSA) is 76.5 Å². The molecular formula is C15H17N5O2S. The van der Waals surface area contributed by atoms with Gasteiger partial charge < -0.3 is 9.32 Å². The lowest BCUT2D eigenvalue weighted by Crippen LogP contribution is -2.31. The number of hydrogen-bond donors (Lipinski definition) is 0. The number of fused-ring (bicyclic) bond motifs is 1. The number of furan rings is 1. The van der Waals surface area contributed by atoms with Gasteiger partial charge in [0, 0.05) is 13.1 Å².